The molecule has 0 bridgehead atoms. The number of carbonyl (C=O) groups excluding carboxylic acids is 1. The summed E-state index contributed by atoms with van der Waals surface area (Å²) in [5, 5.41) is 11.2. The van der Waals surface area contributed by atoms with Crippen LogP contribution in [0.1, 0.15) is 43.5 Å². The Kier molecular flexibility index (Phi) is 6.77. The fourth-order valence-corrected chi connectivity index (χ4v) is 4.95. The number of sulfonamides is 1. The van der Waals surface area contributed by atoms with Gasteiger partial charge in [0.1, 0.15) is 0 Å². The summed E-state index contributed by atoms with van der Waals surface area (Å²) in [4.78, 5) is 22.6. The van der Waals surface area contributed by atoms with Crippen LogP contribution in [0.3, 0.4) is 0 Å². The minimum Gasteiger partial charge on any atom is -0.481 e. The van der Waals surface area contributed by atoms with E-state index in [1.165, 1.54) is 28.6 Å². The fraction of sp³-hybridized carbons (Fsp3) is 0.556. The second-order valence-corrected chi connectivity index (χ2v) is 8.98. The van der Waals surface area contributed by atoms with Gasteiger partial charge in [0.05, 0.1) is 4.90 Å². The van der Waals surface area contributed by atoms with Gasteiger partial charge in [-0.15, -0.1) is 0 Å². The highest BCUT2D eigenvalue weighted by Crippen LogP contribution is 2.26. The van der Waals surface area contributed by atoms with E-state index in [9.17, 15) is 18.0 Å². The van der Waals surface area contributed by atoms with Crippen molar-refractivity contribution < 1.29 is 23.1 Å². The first-order chi connectivity index (χ1) is 12.2. The number of rotatable bonds is 7. The molecule has 1 fully saturated rings. The first-order valence-electron chi connectivity index (χ1n) is 8.80. The molecule has 0 aliphatic carbocycles. The molecule has 1 aromatic rings. The van der Waals surface area contributed by atoms with E-state index in [-0.39, 0.29) is 23.8 Å². The number of benzene rings is 1. The van der Waals surface area contributed by atoms with Gasteiger partial charge in [0.15, 0.2) is 0 Å². The Morgan fingerprint density at radius 3 is 2.27 bits per heavy atom. The molecule has 1 saturated heterocycles. The molecule has 2 rings (SSSR count). The molecule has 2 atom stereocenters. The van der Waals surface area contributed by atoms with Crippen LogP contribution in [0.15, 0.2) is 29.2 Å². The summed E-state index contributed by atoms with van der Waals surface area (Å²) in [5.74, 6) is -0.608. The topological polar surface area (TPSA) is 104 Å². The lowest BCUT2D eigenvalue weighted by atomic mass is 9.94. The van der Waals surface area contributed by atoms with Gasteiger partial charge in [-0.05, 0) is 48.9 Å². The summed E-state index contributed by atoms with van der Waals surface area (Å²) in [6, 6.07) is 5.86. The molecule has 1 aromatic carbocycles. The summed E-state index contributed by atoms with van der Waals surface area (Å²) in [5.41, 5.74) is 0.347. The average molecular weight is 382 g/mol. The summed E-state index contributed by atoms with van der Waals surface area (Å²) in [6.07, 6.45) is 1.36. The van der Waals surface area contributed by atoms with Gasteiger partial charge in [-0.25, -0.2) is 8.42 Å². The molecule has 1 heterocycles. The molecule has 0 spiro atoms. The van der Waals surface area contributed by atoms with Gasteiger partial charge in [0.2, 0.25) is 10.0 Å². The van der Waals surface area contributed by atoms with Crippen LogP contribution in [0.25, 0.3) is 0 Å². The summed E-state index contributed by atoms with van der Waals surface area (Å²) in [6.45, 7) is 5.39. The second-order valence-electron chi connectivity index (χ2n) is 7.05. The van der Waals surface area contributed by atoms with Crippen LogP contribution in [0.2, 0.25) is 0 Å². The fourth-order valence-electron chi connectivity index (χ4n) is 3.27. The number of hydrogen-bond acceptors (Lipinski definition) is 4. The van der Waals surface area contributed by atoms with Crippen LogP contribution in [-0.2, 0) is 14.8 Å². The van der Waals surface area contributed by atoms with Crippen molar-refractivity contribution in [2.75, 3.05) is 19.6 Å². The van der Waals surface area contributed by atoms with E-state index in [1.54, 1.807) is 0 Å². The van der Waals surface area contributed by atoms with Crippen molar-refractivity contribution in [2.24, 2.45) is 11.8 Å². The smallest absolute Gasteiger partial charge is 0.303 e. The van der Waals surface area contributed by atoms with E-state index in [0.29, 0.717) is 36.9 Å². The Morgan fingerprint density at radius 2 is 1.73 bits per heavy atom. The molecule has 0 radical (unpaired) electrons. The van der Waals surface area contributed by atoms with E-state index < -0.39 is 16.0 Å². The van der Waals surface area contributed by atoms with Gasteiger partial charge in [0.25, 0.3) is 5.91 Å². The van der Waals surface area contributed by atoms with Gasteiger partial charge in [-0.3, -0.25) is 9.59 Å². The van der Waals surface area contributed by atoms with Crippen LogP contribution in [0.4, 0.5) is 0 Å². The maximum atomic E-state index is 12.8. The van der Waals surface area contributed by atoms with Crippen molar-refractivity contribution in [3.8, 4) is 0 Å². The molecule has 1 amide bonds. The van der Waals surface area contributed by atoms with Gasteiger partial charge < -0.3 is 10.4 Å². The number of amides is 1. The van der Waals surface area contributed by atoms with Gasteiger partial charge >= 0.3 is 5.97 Å². The minimum absolute atomic E-state index is 0.00978. The van der Waals surface area contributed by atoms with Gasteiger partial charge in [0, 0.05) is 31.6 Å². The quantitative estimate of drug-likeness (QED) is 0.702. The molecular formula is C18H26N2O5S. The molecule has 26 heavy (non-hydrogen) atoms. The average Bonchev–Trinajstić information content (AvgIpc) is 2.57. The van der Waals surface area contributed by atoms with Crippen molar-refractivity contribution in [1.29, 1.82) is 0 Å². The zero-order chi connectivity index (χ0) is 19.3. The van der Waals surface area contributed by atoms with Crippen LogP contribution in [0.5, 0.6) is 0 Å². The lowest BCUT2D eigenvalue weighted by Crippen LogP contribution is -2.42. The third-order valence-electron chi connectivity index (χ3n) is 4.44. The van der Waals surface area contributed by atoms with E-state index in [1.807, 2.05) is 0 Å². The lowest BCUT2D eigenvalue weighted by Gasteiger charge is -2.34. The molecule has 7 nitrogen and oxygen atoms in total. The Balaban J connectivity index is 2.01. The molecule has 2 unspecified atom stereocenters. The van der Waals surface area contributed by atoms with E-state index in [4.69, 9.17) is 5.11 Å². The molecule has 0 saturated carbocycles. The first kappa shape index (κ1) is 20.4. The zero-order valence-electron chi connectivity index (χ0n) is 15.1. The largest absolute Gasteiger partial charge is 0.481 e. The first-order valence-corrected chi connectivity index (χ1v) is 10.2. The van der Waals surface area contributed by atoms with E-state index in [2.05, 4.69) is 19.2 Å². The molecule has 8 heteroatoms. The van der Waals surface area contributed by atoms with Crippen molar-refractivity contribution in [3.63, 3.8) is 0 Å². The van der Waals surface area contributed by atoms with Crippen LogP contribution in [0, 0.1) is 11.8 Å². The summed E-state index contributed by atoms with van der Waals surface area (Å²) < 4.78 is 27.1. The predicted molar refractivity (Wildman–Crippen MR) is 97.3 cm³/mol. The second kappa shape index (κ2) is 8.64. The summed E-state index contributed by atoms with van der Waals surface area (Å²) >= 11 is 0. The third-order valence-corrected chi connectivity index (χ3v) is 6.29. The van der Waals surface area contributed by atoms with Gasteiger partial charge in [-0.2, -0.15) is 4.31 Å². The number of piperidine rings is 1. The number of aliphatic carboxylic acids is 1. The number of nitrogens with one attached hydrogen (secondary N) is 1. The zero-order valence-corrected chi connectivity index (χ0v) is 16.0. The Labute approximate surface area is 154 Å². The predicted octanol–water partition coefficient (Wildman–Crippen LogP) is 1.95. The van der Waals surface area contributed by atoms with Crippen molar-refractivity contribution in [1.82, 2.24) is 9.62 Å². The third kappa shape index (κ3) is 5.28. The molecule has 1 aliphatic heterocycles. The van der Waals surface area contributed by atoms with Crippen molar-refractivity contribution in [3.05, 3.63) is 29.8 Å². The highest BCUT2D eigenvalue weighted by Gasteiger charge is 2.31. The maximum absolute atomic E-state index is 12.8. The molecule has 144 valence electrons. The number of carboxylic acid groups (broad SMARTS) is 1. The molecular weight excluding hydrogens is 356 g/mol. The monoisotopic (exact) mass is 382 g/mol. The maximum Gasteiger partial charge on any atom is 0.303 e. The Hall–Kier alpha value is -1.93. The lowest BCUT2D eigenvalue weighted by molar-refractivity contribution is -0.137. The standard InChI is InChI=1S/C18H26N2O5S/c1-13-10-14(2)12-20(11-13)26(24,25)16-7-5-15(6-8-16)18(23)19-9-3-4-17(21)22/h5-8,13-14H,3-4,9-12H2,1-2H3,(H,19,23)(H,21,22). The van der Waals surface area contributed by atoms with Crippen molar-refractivity contribution >= 4 is 21.9 Å². The number of hydrogen-bond donors (Lipinski definition) is 2. The highest BCUT2D eigenvalue weighted by atomic mass is 32.2. The van der Waals surface area contributed by atoms with Crippen LogP contribution in [-0.4, -0.2) is 49.3 Å². The molecule has 2 N–H and O–H groups in total. The normalized spacial score (nSPS) is 21.3. The summed E-state index contributed by atoms with van der Waals surface area (Å²) in [7, 11) is -3.56. The number of carboxylic acids is 1. The van der Waals surface area contributed by atoms with Crippen molar-refractivity contribution in [2.45, 2.75) is 38.0 Å². The molecule has 1 aliphatic rings. The molecule has 0 aromatic heterocycles. The van der Waals surface area contributed by atoms with Crippen LogP contribution < -0.4 is 5.32 Å². The minimum atomic E-state index is -3.56. The van der Waals surface area contributed by atoms with E-state index in [0.717, 1.165) is 6.42 Å². The van der Waals surface area contributed by atoms with Gasteiger partial charge in [-0.1, -0.05) is 13.8 Å². The Bertz CT molecular complexity index is 735. The van der Waals surface area contributed by atoms with Crippen LogP contribution >= 0.6 is 0 Å². The SMILES string of the molecule is CC1CC(C)CN(S(=O)(=O)c2ccc(C(=O)NCCCC(=O)O)cc2)C1. The number of nitrogens with zero attached hydrogens (tertiary/aromatic N) is 1. The number of carbonyl (C=O) groups is 2. The Morgan fingerprint density at radius 1 is 1.15 bits per heavy atom. The van der Waals surface area contributed by atoms with E-state index >= 15 is 0 Å². The highest BCUT2D eigenvalue weighted by molar-refractivity contribution is 7.89.